The first kappa shape index (κ1) is 19.5. The number of amides is 1. The van der Waals surface area contributed by atoms with Crippen molar-refractivity contribution in [2.45, 2.75) is 46.0 Å². The van der Waals surface area contributed by atoms with Crippen LogP contribution < -0.4 is 10.6 Å². The Bertz CT molecular complexity index is 777. The molecule has 0 saturated carbocycles. The summed E-state index contributed by atoms with van der Waals surface area (Å²) in [6.07, 6.45) is 0.362. The number of anilines is 2. The molecule has 0 fully saturated rings. The minimum Gasteiger partial charge on any atom is -0.384 e. The van der Waals surface area contributed by atoms with Gasteiger partial charge in [0.2, 0.25) is 5.91 Å². The zero-order valence-corrected chi connectivity index (χ0v) is 16.0. The monoisotopic (exact) mass is 349 g/mol. The van der Waals surface area contributed by atoms with Gasteiger partial charge in [-0.3, -0.25) is 4.79 Å². The molecule has 0 unspecified atom stereocenters. The van der Waals surface area contributed by atoms with E-state index in [1.807, 2.05) is 0 Å². The van der Waals surface area contributed by atoms with Crippen molar-refractivity contribution in [3.05, 3.63) is 59.2 Å². The molecule has 0 spiro atoms. The quantitative estimate of drug-likeness (QED) is 0.718. The minimum atomic E-state index is -0.0688. The summed E-state index contributed by atoms with van der Waals surface area (Å²) >= 11 is 0. The zero-order chi connectivity index (χ0) is 19.1. The van der Waals surface area contributed by atoms with Gasteiger partial charge in [-0.2, -0.15) is 5.26 Å². The lowest BCUT2D eigenvalue weighted by Crippen LogP contribution is -2.17. The van der Waals surface area contributed by atoms with Gasteiger partial charge in [0.05, 0.1) is 11.6 Å². The van der Waals surface area contributed by atoms with Gasteiger partial charge in [0, 0.05) is 24.3 Å². The van der Waals surface area contributed by atoms with E-state index in [2.05, 4.69) is 62.6 Å². The Morgan fingerprint density at radius 3 is 2.23 bits per heavy atom. The molecule has 4 heteroatoms. The van der Waals surface area contributed by atoms with Crippen molar-refractivity contribution in [2.75, 3.05) is 17.2 Å². The van der Waals surface area contributed by atoms with Crippen LogP contribution in [-0.4, -0.2) is 12.5 Å². The van der Waals surface area contributed by atoms with Gasteiger partial charge in [-0.05, 0) is 41.2 Å². The highest BCUT2D eigenvalue weighted by Gasteiger charge is 2.13. The highest BCUT2D eigenvalue weighted by molar-refractivity contribution is 5.91. The Kier molecular flexibility index (Phi) is 6.80. The van der Waals surface area contributed by atoms with Crippen molar-refractivity contribution in [3.63, 3.8) is 0 Å². The largest absolute Gasteiger partial charge is 0.384 e. The topological polar surface area (TPSA) is 64.9 Å². The third kappa shape index (κ3) is 5.10. The van der Waals surface area contributed by atoms with Gasteiger partial charge in [-0.15, -0.1) is 0 Å². The first-order chi connectivity index (χ1) is 12.4. The van der Waals surface area contributed by atoms with Crippen LogP contribution in [0.25, 0.3) is 0 Å². The first-order valence-corrected chi connectivity index (χ1v) is 9.09. The van der Waals surface area contributed by atoms with Crippen molar-refractivity contribution in [2.24, 2.45) is 0 Å². The summed E-state index contributed by atoms with van der Waals surface area (Å²) in [5, 5.41) is 15.3. The van der Waals surface area contributed by atoms with E-state index < -0.39 is 0 Å². The first-order valence-electron chi connectivity index (χ1n) is 9.09. The van der Waals surface area contributed by atoms with E-state index in [-0.39, 0.29) is 5.91 Å². The molecule has 0 aliphatic carbocycles. The molecule has 0 aliphatic rings. The van der Waals surface area contributed by atoms with Gasteiger partial charge in [0.15, 0.2) is 0 Å². The molecule has 0 atom stereocenters. The normalized spacial score (nSPS) is 10.7. The number of carbonyl (C=O) groups is 1. The molecule has 2 aromatic carbocycles. The van der Waals surface area contributed by atoms with Crippen LogP contribution in [0, 0.1) is 11.3 Å². The van der Waals surface area contributed by atoms with Crippen LogP contribution in [0.3, 0.4) is 0 Å². The molecule has 0 aromatic heterocycles. The molecule has 0 bridgehead atoms. The third-order valence-corrected chi connectivity index (χ3v) is 4.30. The van der Waals surface area contributed by atoms with E-state index in [4.69, 9.17) is 5.26 Å². The summed E-state index contributed by atoms with van der Waals surface area (Å²) in [5.74, 6) is 0.762. The number of nitrogens with one attached hydrogen (secondary N) is 2. The molecule has 2 rings (SSSR count). The fourth-order valence-electron chi connectivity index (χ4n) is 2.95. The zero-order valence-electron chi connectivity index (χ0n) is 16.0. The average Bonchev–Trinajstić information content (AvgIpc) is 2.61. The number of hydrogen-bond donors (Lipinski definition) is 2. The van der Waals surface area contributed by atoms with E-state index in [1.165, 1.54) is 11.1 Å². The number of nitrogens with zero attached hydrogens (tertiary/aromatic N) is 1. The maximum atomic E-state index is 12.2. The van der Waals surface area contributed by atoms with Crippen molar-refractivity contribution in [3.8, 4) is 6.07 Å². The fraction of sp³-hybridized carbons (Fsp3) is 0.364. The molecule has 0 heterocycles. The second-order valence-electron chi connectivity index (χ2n) is 7.04. The maximum absolute atomic E-state index is 12.2. The van der Waals surface area contributed by atoms with Crippen molar-refractivity contribution >= 4 is 17.3 Å². The number of rotatable bonds is 7. The molecule has 26 heavy (non-hydrogen) atoms. The smallest absolute Gasteiger partial charge is 0.226 e. The van der Waals surface area contributed by atoms with Crippen molar-refractivity contribution in [1.29, 1.82) is 5.26 Å². The SMILES string of the molecule is CC(C)c1cccc(C(C)C)c1NCCC(=O)Nc1cccc(C#N)c1. The van der Waals surface area contributed by atoms with Crippen LogP contribution in [0.1, 0.15) is 62.6 Å². The van der Waals surface area contributed by atoms with Gasteiger partial charge >= 0.3 is 0 Å². The lowest BCUT2D eigenvalue weighted by Gasteiger charge is -2.20. The molecular formula is C22H27N3O. The van der Waals surface area contributed by atoms with E-state index in [0.29, 0.717) is 36.1 Å². The molecule has 4 nitrogen and oxygen atoms in total. The Morgan fingerprint density at radius 2 is 1.65 bits per heavy atom. The van der Waals surface area contributed by atoms with Crippen LogP contribution in [0.15, 0.2) is 42.5 Å². The highest BCUT2D eigenvalue weighted by atomic mass is 16.1. The van der Waals surface area contributed by atoms with Gasteiger partial charge in [-0.25, -0.2) is 0 Å². The second-order valence-corrected chi connectivity index (χ2v) is 7.04. The molecule has 0 aliphatic heterocycles. The van der Waals surface area contributed by atoms with Gasteiger partial charge in [-0.1, -0.05) is 52.0 Å². The Morgan fingerprint density at radius 1 is 1.04 bits per heavy atom. The molecular weight excluding hydrogens is 322 g/mol. The predicted molar refractivity (Wildman–Crippen MR) is 108 cm³/mol. The van der Waals surface area contributed by atoms with E-state index in [0.717, 1.165) is 5.69 Å². The Balaban J connectivity index is 2.01. The summed E-state index contributed by atoms with van der Waals surface area (Å²) in [6.45, 7) is 9.28. The molecule has 0 saturated heterocycles. The maximum Gasteiger partial charge on any atom is 0.226 e. The number of hydrogen-bond acceptors (Lipinski definition) is 3. The molecule has 1 amide bonds. The predicted octanol–water partition coefficient (Wildman–Crippen LogP) is 5.25. The number of nitriles is 1. The van der Waals surface area contributed by atoms with Gasteiger partial charge in [0.25, 0.3) is 0 Å². The lowest BCUT2D eigenvalue weighted by atomic mass is 9.92. The number of benzene rings is 2. The number of carbonyl (C=O) groups excluding carboxylic acids is 1. The van der Waals surface area contributed by atoms with E-state index in [1.54, 1.807) is 24.3 Å². The number of para-hydroxylation sites is 1. The lowest BCUT2D eigenvalue weighted by molar-refractivity contribution is -0.115. The summed E-state index contributed by atoms with van der Waals surface area (Å²) in [4.78, 5) is 12.2. The van der Waals surface area contributed by atoms with Crippen LogP contribution in [0.4, 0.5) is 11.4 Å². The average molecular weight is 349 g/mol. The fourth-order valence-corrected chi connectivity index (χ4v) is 2.95. The van der Waals surface area contributed by atoms with Gasteiger partial charge in [0.1, 0.15) is 0 Å². The standard InChI is InChI=1S/C22H27N3O/c1-15(2)19-9-6-10-20(16(3)4)22(19)24-12-11-21(26)25-18-8-5-7-17(13-18)14-23/h5-10,13,15-16,24H,11-12H2,1-4H3,(H,25,26). The molecule has 136 valence electrons. The molecule has 2 aromatic rings. The molecule has 0 radical (unpaired) electrons. The van der Waals surface area contributed by atoms with Crippen LogP contribution in [0.5, 0.6) is 0 Å². The minimum absolute atomic E-state index is 0.0688. The molecule has 2 N–H and O–H groups in total. The summed E-state index contributed by atoms with van der Waals surface area (Å²) in [6, 6.07) is 15.4. The Hall–Kier alpha value is -2.80. The van der Waals surface area contributed by atoms with Gasteiger partial charge < -0.3 is 10.6 Å². The van der Waals surface area contributed by atoms with Crippen LogP contribution in [-0.2, 0) is 4.79 Å². The van der Waals surface area contributed by atoms with Crippen molar-refractivity contribution in [1.82, 2.24) is 0 Å². The summed E-state index contributed by atoms with van der Waals surface area (Å²) in [5.41, 5.74) is 4.89. The summed E-state index contributed by atoms with van der Waals surface area (Å²) < 4.78 is 0. The Labute approximate surface area is 156 Å². The third-order valence-electron chi connectivity index (χ3n) is 4.30. The van der Waals surface area contributed by atoms with E-state index in [9.17, 15) is 4.79 Å². The summed E-state index contributed by atoms with van der Waals surface area (Å²) in [7, 11) is 0. The van der Waals surface area contributed by atoms with E-state index >= 15 is 0 Å². The van der Waals surface area contributed by atoms with Crippen LogP contribution >= 0.6 is 0 Å². The highest BCUT2D eigenvalue weighted by Crippen LogP contribution is 2.32. The van der Waals surface area contributed by atoms with Crippen molar-refractivity contribution < 1.29 is 4.79 Å². The second kappa shape index (κ2) is 9.05. The van der Waals surface area contributed by atoms with Crippen LogP contribution in [0.2, 0.25) is 0 Å².